The summed E-state index contributed by atoms with van der Waals surface area (Å²) in [5.74, 6) is 1.18. The van der Waals surface area contributed by atoms with E-state index in [1.165, 1.54) is 11.1 Å². The molecule has 0 fully saturated rings. The number of nitrogens with two attached hydrogens (primary N) is 1. The Morgan fingerprint density at radius 2 is 2.05 bits per heavy atom. The Morgan fingerprint density at radius 1 is 1.26 bits per heavy atom. The zero-order chi connectivity index (χ0) is 13.2. The van der Waals surface area contributed by atoms with Crippen molar-refractivity contribution < 1.29 is 0 Å². The topological polar surface area (TPSA) is 63.8 Å². The van der Waals surface area contributed by atoms with Crippen molar-refractivity contribution in [2.75, 3.05) is 11.1 Å². The maximum absolute atomic E-state index is 5.65. The molecule has 3 rings (SSSR count). The third kappa shape index (κ3) is 2.52. The van der Waals surface area contributed by atoms with Crippen LogP contribution >= 0.6 is 0 Å². The normalized spacial score (nSPS) is 17.8. The van der Waals surface area contributed by atoms with Crippen molar-refractivity contribution in [2.45, 2.75) is 32.2 Å². The van der Waals surface area contributed by atoms with Crippen molar-refractivity contribution in [1.82, 2.24) is 9.97 Å². The Kier molecular flexibility index (Phi) is 3.07. The predicted molar refractivity (Wildman–Crippen MR) is 77.1 cm³/mol. The Labute approximate surface area is 113 Å². The Hall–Kier alpha value is -2.10. The molecular weight excluding hydrogens is 236 g/mol. The van der Waals surface area contributed by atoms with Crippen LogP contribution in [0.3, 0.4) is 0 Å². The fraction of sp³-hybridized carbons (Fsp3) is 0.333. The van der Waals surface area contributed by atoms with Gasteiger partial charge in [0, 0.05) is 17.8 Å². The molecule has 1 atom stereocenters. The van der Waals surface area contributed by atoms with Gasteiger partial charge in [-0.2, -0.15) is 4.98 Å². The predicted octanol–water partition coefficient (Wildman–Crippen LogP) is 2.34. The second kappa shape index (κ2) is 4.88. The third-order valence-corrected chi connectivity index (χ3v) is 3.68. The molecule has 0 bridgehead atoms. The highest BCUT2D eigenvalue weighted by Gasteiger charge is 2.19. The minimum absolute atomic E-state index is 0.323. The van der Waals surface area contributed by atoms with Gasteiger partial charge in [-0.15, -0.1) is 0 Å². The minimum Gasteiger partial charge on any atom is -0.368 e. The van der Waals surface area contributed by atoms with E-state index in [1.807, 2.05) is 6.92 Å². The zero-order valence-electron chi connectivity index (χ0n) is 11.1. The molecule has 0 amide bonds. The van der Waals surface area contributed by atoms with Crippen LogP contribution in [-0.4, -0.2) is 16.0 Å². The third-order valence-electron chi connectivity index (χ3n) is 3.68. The van der Waals surface area contributed by atoms with Gasteiger partial charge in [-0.05, 0) is 37.3 Å². The van der Waals surface area contributed by atoms with Crippen molar-refractivity contribution in [3.63, 3.8) is 0 Å². The number of nitrogens with zero attached hydrogens (tertiary/aromatic N) is 2. The molecular formula is C15H18N4. The van der Waals surface area contributed by atoms with Gasteiger partial charge >= 0.3 is 0 Å². The molecule has 2 aromatic rings. The number of hydrogen-bond donors (Lipinski definition) is 2. The first-order valence-corrected chi connectivity index (χ1v) is 6.65. The number of nitrogens with one attached hydrogen (secondary N) is 1. The molecule has 0 spiro atoms. The quantitative estimate of drug-likeness (QED) is 0.863. The molecule has 1 aromatic heterocycles. The largest absolute Gasteiger partial charge is 0.368 e. The molecule has 1 unspecified atom stereocenters. The van der Waals surface area contributed by atoms with Gasteiger partial charge in [0.1, 0.15) is 5.82 Å². The van der Waals surface area contributed by atoms with Crippen LogP contribution in [-0.2, 0) is 12.8 Å². The van der Waals surface area contributed by atoms with Crippen LogP contribution < -0.4 is 11.1 Å². The van der Waals surface area contributed by atoms with E-state index < -0.39 is 0 Å². The van der Waals surface area contributed by atoms with E-state index >= 15 is 0 Å². The Balaban J connectivity index is 1.77. The summed E-state index contributed by atoms with van der Waals surface area (Å²) in [5.41, 5.74) is 9.59. The van der Waals surface area contributed by atoms with Crippen LogP contribution in [0.1, 0.15) is 23.1 Å². The SMILES string of the molecule is Cc1cnc(N)nc1NC1CCc2ccccc2C1. The summed E-state index contributed by atoms with van der Waals surface area (Å²) >= 11 is 0. The lowest BCUT2D eigenvalue weighted by Crippen LogP contribution is -2.28. The van der Waals surface area contributed by atoms with Crippen molar-refractivity contribution in [3.05, 3.63) is 47.2 Å². The van der Waals surface area contributed by atoms with E-state index in [1.54, 1.807) is 6.20 Å². The standard InChI is InChI=1S/C15H18N4/c1-10-9-17-15(16)19-14(10)18-13-7-6-11-4-2-3-5-12(11)8-13/h2-5,9,13H,6-8H2,1H3,(H3,16,17,18,19). The lowest BCUT2D eigenvalue weighted by atomic mass is 9.88. The lowest BCUT2D eigenvalue weighted by Gasteiger charge is -2.26. The molecule has 98 valence electrons. The fourth-order valence-corrected chi connectivity index (χ4v) is 2.62. The summed E-state index contributed by atoms with van der Waals surface area (Å²) in [7, 11) is 0. The average Bonchev–Trinajstić information content (AvgIpc) is 2.43. The van der Waals surface area contributed by atoms with Gasteiger partial charge < -0.3 is 11.1 Å². The number of aryl methyl sites for hydroxylation is 2. The molecule has 1 aliphatic rings. The first kappa shape index (κ1) is 12.0. The minimum atomic E-state index is 0.323. The number of nitrogen functional groups attached to an aromatic ring is 1. The first-order valence-electron chi connectivity index (χ1n) is 6.65. The van der Waals surface area contributed by atoms with Crippen molar-refractivity contribution in [1.29, 1.82) is 0 Å². The number of anilines is 2. The lowest BCUT2D eigenvalue weighted by molar-refractivity contribution is 0.608. The summed E-state index contributed by atoms with van der Waals surface area (Å²) in [6.07, 6.45) is 5.05. The molecule has 0 aliphatic heterocycles. The maximum atomic E-state index is 5.65. The molecule has 1 aliphatic carbocycles. The monoisotopic (exact) mass is 254 g/mol. The van der Waals surface area contributed by atoms with E-state index in [4.69, 9.17) is 5.73 Å². The van der Waals surface area contributed by atoms with Crippen LogP contribution in [0.5, 0.6) is 0 Å². The molecule has 4 heteroatoms. The van der Waals surface area contributed by atoms with Gasteiger partial charge in [0.15, 0.2) is 0 Å². The fourth-order valence-electron chi connectivity index (χ4n) is 2.62. The van der Waals surface area contributed by atoms with Crippen LogP contribution in [0.4, 0.5) is 11.8 Å². The zero-order valence-corrected chi connectivity index (χ0v) is 11.1. The number of fused-ring (bicyclic) bond motifs is 1. The Morgan fingerprint density at radius 3 is 2.89 bits per heavy atom. The summed E-state index contributed by atoms with van der Waals surface area (Å²) in [6.45, 7) is 2.00. The van der Waals surface area contributed by atoms with Gasteiger partial charge in [-0.25, -0.2) is 4.98 Å². The molecule has 0 saturated carbocycles. The summed E-state index contributed by atoms with van der Waals surface area (Å²) in [6, 6.07) is 9.07. The van der Waals surface area contributed by atoms with Crippen LogP contribution in [0, 0.1) is 6.92 Å². The summed E-state index contributed by atoms with van der Waals surface area (Å²) < 4.78 is 0. The smallest absolute Gasteiger partial charge is 0.221 e. The highest BCUT2D eigenvalue weighted by molar-refractivity contribution is 5.46. The van der Waals surface area contributed by atoms with Gasteiger partial charge in [0.25, 0.3) is 0 Å². The van der Waals surface area contributed by atoms with Crippen molar-refractivity contribution >= 4 is 11.8 Å². The van der Waals surface area contributed by atoms with Crippen molar-refractivity contribution in [2.24, 2.45) is 0 Å². The van der Waals surface area contributed by atoms with Gasteiger partial charge in [-0.3, -0.25) is 0 Å². The number of hydrogen-bond acceptors (Lipinski definition) is 4. The number of benzene rings is 1. The van der Waals surface area contributed by atoms with E-state index in [-0.39, 0.29) is 0 Å². The molecule has 4 nitrogen and oxygen atoms in total. The second-order valence-electron chi connectivity index (χ2n) is 5.11. The summed E-state index contributed by atoms with van der Waals surface area (Å²) in [5, 5.41) is 3.50. The number of aromatic nitrogens is 2. The maximum Gasteiger partial charge on any atom is 0.221 e. The van der Waals surface area contributed by atoms with E-state index in [0.29, 0.717) is 12.0 Å². The molecule has 3 N–H and O–H groups in total. The summed E-state index contributed by atoms with van der Waals surface area (Å²) in [4.78, 5) is 8.27. The number of rotatable bonds is 2. The molecule has 1 heterocycles. The molecule has 1 aromatic carbocycles. The van der Waals surface area contributed by atoms with E-state index in [0.717, 1.165) is 30.6 Å². The van der Waals surface area contributed by atoms with Gasteiger partial charge in [-0.1, -0.05) is 24.3 Å². The van der Waals surface area contributed by atoms with Crippen LogP contribution in [0.2, 0.25) is 0 Å². The van der Waals surface area contributed by atoms with Crippen LogP contribution in [0.25, 0.3) is 0 Å². The Bertz CT molecular complexity index is 594. The van der Waals surface area contributed by atoms with E-state index in [9.17, 15) is 0 Å². The highest BCUT2D eigenvalue weighted by Crippen LogP contribution is 2.24. The first-order chi connectivity index (χ1) is 9.22. The van der Waals surface area contributed by atoms with E-state index in [2.05, 4.69) is 39.6 Å². The van der Waals surface area contributed by atoms with Gasteiger partial charge in [0.05, 0.1) is 0 Å². The van der Waals surface area contributed by atoms with Crippen molar-refractivity contribution in [3.8, 4) is 0 Å². The molecule has 0 radical (unpaired) electrons. The second-order valence-corrected chi connectivity index (χ2v) is 5.11. The highest BCUT2D eigenvalue weighted by atomic mass is 15.1. The van der Waals surface area contributed by atoms with Gasteiger partial charge in [0.2, 0.25) is 5.95 Å². The van der Waals surface area contributed by atoms with Crippen LogP contribution in [0.15, 0.2) is 30.5 Å². The average molecular weight is 254 g/mol. The molecule has 19 heavy (non-hydrogen) atoms. The molecule has 0 saturated heterocycles.